The number of nitro groups is 1. The van der Waals surface area contributed by atoms with Crippen molar-refractivity contribution in [1.29, 1.82) is 0 Å². The van der Waals surface area contributed by atoms with Gasteiger partial charge in [0.1, 0.15) is 5.02 Å². The van der Waals surface area contributed by atoms with Gasteiger partial charge in [-0.2, -0.15) is 0 Å². The third-order valence-electron chi connectivity index (χ3n) is 2.24. The van der Waals surface area contributed by atoms with Gasteiger partial charge in [-0.1, -0.05) is 17.7 Å². The highest BCUT2D eigenvalue weighted by molar-refractivity contribution is 6.32. The fraction of sp³-hybridized carbons (Fsp3) is 0.167. The summed E-state index contributed by atoms with van der Waals surface area (Å²) in [7, 11) is 0. The number of benzene rings is 1. The second-order valence-electron chi connectivity index (χ2n) is 3.64. The quantitative estimate of drug-likeness (QED) is 0.276. The zero-order valence-corrected chi connectivity index (χ0v) is 10.5. The van der Waals surface area contributed by atoms with Crippen molar-refractivity contribution in [3.63, 3.8) is 0 Å². The lowest BCUT2D eigenvalue weighted by molar-refractivity contribution is -0.384. The second kappa shape index (κ2) is 5.55. The lowest BCUT2D eigenvalue weighted by Gasteiger charge is -2.00. The van der Waals surface area contributed by atoms with Gasteiger partial charge in [0, 0.05) is 6.07 Å². The molecule has 0 fully saturated rings. The average Bonchev–Trinajstić information content (AvgIpc) is 2.26. The predicted molar refractivity (Wildman–Crippen MR) is 67.4 cm³/mol. The van der Waals surface area contributed by atoms with E-state index in [1.165, 1.54) is 38.1 Å². The summed E-state index contributed by atoms with van der Waals surface area (Å²) in [5.74, 6) is -0.778. The van der Waals surface area contributed by atoms with E-state index in [2.05, 4.69) is 0 Å². The molecule has 0 unspecified atom stereocenters. The molecule has 0 aliphatic carbocycles. The maximum atomic E-state index is 11.2. The molecule has 0 aliphatic rings. The van der Waals surface area contributed by atoms with Crippen LogP contribution in [0.4, 0.5) is 5.69 Å². The monoisotopic (exact) mass is 267 g/mol. The van der Waals surface area contributed by atoms with Crippen LogP contribution >= 0.6 is 11.6 Å². The highest BCUT2D eigenvalue weighted by atomic mass is 35.5. The number of carbonyl (C=O) groups is 2. The van der Waals surface area contributed by atoms with E-state index in [1.54, 1.807) is 0 Å². The van der Waals surface area contributed by atoms with Crippen LogP contribution in [0.1, 0.15) is 19.4 Å². The Balaban J connectivity index is 3.30. The summed E-state index contributed by atoms with van der Waals surface area (Å²) in [5.41, 5.74) is 0.106. The topological polar surface area (TPSA) is 77.3 Å². The Kier molecular flexibility index (Phi) is 4.33. The minimum absolute atomic E-state index is 0.00403. The molecular formula is C12H10ClNO4. The highest BCUT2D eigenvalue weighted by Crippen LogP contribution is 2.26. The number of Topliss-reactive ketones (excluding diaryl/α,β-unsaturated/α-hetero) is 2. The normalized spacial score (nSPS) is 9.72. The number of carbonyl (C=O) groups excluding carboxylic acids is 2. The second-order valence-corrected chi connectivity index (χ2v) is 4.05. The summed E-state index contributed by atoms with van der Waals surface area (Å²) in [5, 5.41) is 10.7. The van der Waals surface area contributed by atoms with Gasteiger partial charge in [0.25, 0.3) is 5.69 Å². The van der Waals surface area contributed by atoms with Crippen molar-refractivity contribution in [3.05, 3.63) is 44.5 Å². The number of nitrogens with zero attached hydrogens (tertiary/aromatic N) is 1. The minimum Gasteiger partial charge on any atom is -0.294 e. The summed E-state index contributed by atoms with van der Waals surface area (Å²) in [6, 6.07) is 4.07. The molecule has 0 saturated carbocycles. The first-order valence-electron chi connectivity index (χ1n) is 5.00. The van der Waals surface area contributed by atoms with Crippen LogP contribution in [0, 0.1) is 10.1 Å². The van der Waals surface area contributed by atoms with E-state index in [4.69, 9.17) is 11.6 Å². The lowest BCUT2D eigenvalue weighted by Crippen LogP contribution is -2.05. The summed E-state index contributed by atoms with van der Waals surface area (Å²) in [6.45, 7) is 2.52. The van der Waals surface area contributed by atoms with Crippen molar-refractivity contribution in [2.24, 2.45) is 0 Å². The number of hydrogen-bond acceptors (Lipinski definition) is 4. The van der Waals surface area contributed by atoms with Crippen LogP contribution in [0.2, 0.25) is 5.02 Å². The molecule has 0 spiro atoms. The Bertz CT molecular complexity index is 547. The third kappa shape index (κ3) is 3.24. The van der Waals surface area contributed by atoms with E-state index < -0.39 is 4.92 Å². The Labute approximate surface area is 108 Å². The molecule has 0 N–H and O–H groups in total. The lowest BCUT2D eigenvalue weighted by atomic mass is 10.0. The van der Waals surface area contributed by atoms with E-state index in [1.807, 2.05) is 0 Å². The van der Waals surface area contributed by atoms with Crippen molar-refractivity contribution in [2.75, 3.05) is 0 Å². The van der Waals surface area contributed by atoms with Gasteiger partial charge in [-0.25, -0.2) is 0 Å². The van der Waals surface area contributed by atoms with Gasteiger partial charge in [-0.05, 0) is 31.6 Å². The van der Waals surface area contributed by atoms with Crippen LogP contribution in [-0.2, 0) is 9.59 Å². The van der Waals surface area contributed by atoms with Crippen LogP contribution in [0.5, 0.6) is 0 Å². The molecule has 0 aromatic heterocycles. The molecule has 18 heavy (non-hydrogen) atoms. The van der Waals surface area contributed by atoms with E-state index in [0.717, 1.165) is 0 Å². The van der Waals surface area contributed by atoms with Gasteiger partial charge in [0.05, 0.1) is 10.5 Å². The minimum atomic E-state index is -0.624. The largest absolute Gasteiger partial charge is 0.294 e. The van der Waals surface area contributed by atoms with Crippen molar-refractivity contribution < 1.29 is 14.5 Å². The first-order valence-corrected chi connectivity index (χ1v) is 5.38. The molecule has 0 atom stereocenters. The van der Waals surface area contributed by atoms with Crippen molar-refractivity contribution >= 4 is 34.9 Å². The molecular weight excluding hydrogens is 258 g/mol. The summed E-state index contributed by atoms with van der Waals surface area (Å²) < 4.78 is 0. The number of hydrogen-bond donors (Lipinski definition) is 0. The Morgan fingerprint density at radius 1 is 1.28 bits per heavy atom. The number of rotatable bonds is 4. The highest BCUT2D eigenvalue weighted by Gasteiger charge is 2.14. The van der Waals surface area contributed by atoms with Gasteiger partial charge < -0.3 is 0 Å². The van der Waals surface area contributed by atoms with E-state index in [0.29, 0.717) is 5.56 Å². The smallest absolute Gasteiger partial charge is 0.288 e. The van der Waals surface area contributed by atoms with E-state index in [-0.39, 0.29) is 27.8 Å². The van der Waals surface area contributed by atoms with Gasteiger partial charge >= 0.3 is 0 Å². The van der Waals surface area contributed by atoms with Gasteiger partial charge in [0.2, 0.25) is 0 Å². The SMILES string of the molecule is CC(=O)C(=Cc1ccc(Cl)c([N+](=O)[O-])c1)C(C)=O. The molecule has 0 aliphatic heterocycles. The van der Waals surface area contributed by atoms with Crippen molar-refractivity contribution in [2.45, 2.75) is 13.8 Å². The van der Waals surface area contributed by atoms with Gasteiger partial charge in [-0.3, -0.25) is 19.7 Å². The van der Waals surface area contributed by atoms with Crippen molar-refractivity contribution in [1.82, 2.24) is 0 Å². The average molecular weight is 268 g/mol. The summed E-state index contributed by atoms with van der Waals surface area (Å²) in [6.07, 6.45) is 1.31. The Morgan fingerprint density at radius 2 is 1.83 bits per heavy atom. The fourth-order valence-corrected chi connectivity index (χ4v) is 1.56. The molecule has 0 saturated heterocycles. The molecule has 5 nitrogen and oxygen atoms in total. The van der Waals surface area contributed by atoms with Crippen molar-refractivity contribution in [3.8, 4) is 0 Å². The fourth-order valence-electron chi connectivity index (χ4n) is 1.38. The van der Waals surface area contributed by atoms with Gasteiger partial charge in [0.15, 0.2) is 11.6 Å². The first kappa shape index (κ1) is 14.1. The maximum absolute atomic E-state index is 11.2. The Morgan fingerprint density at radius 3 is 2.28 bits per heavy atom. The number of nitro benzene ring substituents is 1. The van der Waals surface area contributed by atoms with Crippen LogP contribution < -0.4 is 0 Å². The van der Waals surface area contributed by atoms with E-state index in [9.17, 15) is 19.7 Å². The molecule has 94 valence electrons. The molecule has 0 bridgehead atoms. The van der Waals surface area contributed by atoms with Gasteiger partial charge in [-0.15, -0.1) is 0 Å². The number of halogens is 1. The molecule has 6 heteroatoms. The Hall–Kier alpha value is -2.01. The van der Waals surface area contributed by atoms with Crippen LogP contribution in [0.25, 0.3) is 6.08 Å². The molecule has 0 radical (unpaired) electrons. The standard InChI is InChI=1S/C12H10ClNO4/c1-7(15)10(8(2)16)5-9-3-4-11(13)12(6-9)14(17)18/h3-6H,1-2H3. The zero-order chi connectivity index (χ0) is 13.9. The first-order chi connectivity index (χ1) is 8.32. The molecule has 1 aromatic carbocycles. The van der Waals surface area contributed by atoms with E-state index >= 15 is 0 Å². The van der Waals surface area contributed by atoms with Crippen LogP contribution in [-0.4, -0.2) is 16.5 Å². The van der Waals surface area contributed by atoms with Crippen LogP contribution in [0.3, 0.4) is 0 Å². The molecule has 1 aromatic rings. The number of ketones is 2. The van der Waals surface area contributed by atoms with Crippen LogP contribution in [0.15, 0.2) is 23.8 Å². The summed E-state index contributed by atoms with van der Waals surface area (Å²) >= 11 is 5.66. The molecule has 1 rings (SSSR count). The number of allylic oxidation sites excluding steroid dienone is 1. The summed E-state index contributed by atoms with van der Waals surface area (Å²) in [4.78, 5) is 32.5. The third-order valence-corrected chi connectivity index (χ3v) is 2.56. The zero-order valence-electron chi connectivity index (χ0n) is 9.77. The predicted octanol–water partition coefficient (Wildman–Crippen LogP) is 2.81. The maximum Gasteiger partial charge on any atom is 0.288 e. The molecule has 0 amide bonds. The molecule has 0 heterocycles.